The van der Waals surface area contributed by atoms with Crippen molar-refractivity contribution in [2.45, 2.75) is 38.1 Å². The molecular weight excluding hydrogens is 236 g/mol. The summed E-state index contributed by atoms with van der Waals surface area (Å²) in [6.45, 7) is 2.22. The molecule has 0 radical (unpaired) electrons. The molecule has 1 atom stereocenters. The molecule has 1 aliphatic heterocycles. The molecular formula is C12H20N2S2. The lowest BCUT2D eigenvalue weighted by molar-refractivity contribution is 0.612. The van der Waals surface area contributed by atoms with Gasteiger partial charge in [-0.3, -0.25) is 0 Å². The normalized spacial score (nSPS) is 19.9. The van der Waals surface area contributed by atoms with Crippen LogP contribution in [0.25, 0.3) is 0 Å². The van der Waals surface area contributed by atoms with Crippen molar-refractivity contribution in [1.82, 2.24) is 10.3 Å². The van der Waals surface area contributed by atoms with Gasteiger partial charge in [0.15, 0.2) is 0 Å². The van der Waals surface area contributed by atoms with Gasteiger partial charge < -0.3 is 5.32 Å². The van der Waals surface area contributed by atoms with Crippen LogP contribution in [0.5, 0.6) is 0 Å². The first kappa shape index (κ1) is 12.4. The van der Waals surface area contributed by atoms with E-state index >= 15 is 0 Å². The third-order valence-electron chi connectivity index (χ3n) is 3.14. The Bertz CT molecular complexity index is 319. The Labute approximate surface area is 106 Å². The molecule has 1 saturated heterocycles. The van der Waals surface area contributed by atoms with Crippen LogP contribution in [-0.4, -0.2) is 29.6 Å². The number of thiazole rings is 1. The van der Waals surface area contributed by atoms with Gasteiger partial charge in [0.05, 0.1) is 5.01 Å². The van der Waals surface area contributed by atoms with E-state index in [0.29, 0.717) is 6.04 Å². The highest BCUT2D eigenvalue weighted by Crippen LogP contribution is 2.33. The second kappa shape index (κ2) is 6.03. The Hall–Kier alpha value is -0.0600. The summed E-state index contributed by atoms with van der Waals surface area (Å²) in [5, 5.41) is 4.65. The van der Waals surface area contributed by atoms with Crippen LogP contribution in [-0.2, 0) is 6.42 Å². The van der Waals surface area contributed by atoms with Gasteiger partial charge in [-0.15, -0.1) is 11.3 Å². The molecule has 90 valence electrons. The van der Waals surface area contributed by atoms with Crippen molar-refractivity contribution < 1.29 is 0 Å². The molecule has 1 unspecified atom stereocenters. The summed E-state index contributed by atoms with van der Waals surface area (Å²) in [7, 11) is 2.02. The van der Waals surface area contributed by atoms with Gasteiger partial charge in [0, 0.05) is 23.0 Å². The van der Waals surface area contributed by atoms with Crippen LogP contribution in [0.2, 0.25) is 0 Å². The van der Waals surface area contributed by atoms with Gasteiger partial charge in [0.25, 0.3) is 0 Å². The van der Waals surface area contributed by atoms with Crippen LogP contribution in [0, 0.1) is 0 Å². The van der Waals surface area contributed by atoms with E-state index in [1.54, 1.807) is 0 Å². The van der Waals surface area contributed by atoms with Crippen molar-refractivity contribution in [2.24, 2.45) is 0 Å². The summed E-state index contributed by atoms with van der Waals surface area (Å²) in [5.74, 6) is 3.36. The predicted octanol–water partition coefficient (Wildman–Crippen LogP) is 2.90. The van der Waals surface area contributed by atoms with Crippen molar-refractivity contribution in [3.05, 3.63) is 16.1 Å². The van der Waals surface area contributed by atoms with Gasteiger partial charge in [0.1, 0.15) is 0 Å². The molecule has 2 nitrogen and oxygen atoms in total. The number of rotatable bonds is 4. The molecule has 4 heteroatoms. The second-order valence-electron chi connectivity index (χ2n) is 4.45. The molecule has 1 aliphatic rings. The maximum Gasteiger partial charge on any atom is 0.0959 e. The van der Waals surface area contributed by atoms with Crippen LogP contribution >= 0.6 is 23.1 Å². The molecule has 0 aromatic carbocycles. The average Bonchev–Trinajstić information content (AvgIpc) is 2.78. The van der Waals surface area contributed by atoms with Crippen LogP contribution < -0.4 is 5.32 Å². The van der Waals surface area contributed by atoms with Crippen molar-refractivity contribution in [3.63, 3.8) is 0 Å². The molecule has 1 aromatic heterocycles. The zero-order valence-electron chi connectivity index (χ0n) is 10.0. The lowest BCUT2D eigenvalue weighted by Crippen LogP contribution is -2.22. The third-order valence-corrected chi connectivity index (χ3v) is 5.37. The highest BCUT2D eigenvalue weighted by molar-refractivity contribution is 7.99. The highest BCUT2D eigenvalue weighted by atomic mass is 32.2. The number of nitrogens with one attached hydrogen (secondary N) is 1. The number of likely N-dealkylation sites (N-methyl/N-ethyl adjacent to an activating group) is 1. The molecule has 0 amide bonds. The fourth-order valence-electron chi connectivity index (χ4n) is 1.95. The molecule has 2 heterocycles. The van der Waals surface area contributed by atoms with Crippen LogP contribution in [0.4, 0.5) is 0 Å². The minimum absolute atomic E-state index is 0.551. The first-order chi connectivity index (χ1) is 7.79. The van der Waals surface area contributed by atoms with E-state index < -0.39 is 0 Å². The topological polar surface area (TPSA) is 24.9 Å². The van der Waals surface area contributed by atoms with E-state index in [1.807, 2.05) is 18.4 Å². The number of aromatic nitrogens is 1. The molecule has 2 rings (SSSR count). The molecule has 0 bridgehead atoms. The summed E-state index contributed by atoms with van der Waals surface area (Å²) in [4.78, 5) is 6.03. The Morgan fingerprint density at radius 1 is 1.50 bits per heavy atom. The molecule has 0 spiro atoms. The van der Waals surface area contributed by atoms with Gasteiger partial charge in [-0.2, -0.15) is 11.8 Å². The Morgan fingerprint density at radius 2 is 2.25 bits per heavy atom. The fraction of sp³-hybridized carbons (Fsp3) is 0.750. The Morgan fingerprint density at radius 3 is 2.94 bits per heavy atom. The van der Waals surface area contributed by atoms with Gasteiger partial charge >= 0.3 is 0 Å². The SMILES string of the molecule is CNC(C)Cc1cnc(C2CCSCC2)s1. The number of hydrogen-bond acceptors (Lipinski definition) is 4. The van der Waals surface area contributed by atoms with Crippen molar-refractivity contribution >= 4 is 23.1 Å². The second-order valence-corrected chi connectivity index (χ2v) is 6.82. The lowest BCUT2D eigenvalue weighted by Gasteiger charge is -2.18. The smallest absolute Gasteiger partial charge is 0.0959 e. The van der Waals surface area contributed by atoms with Gasteiger partial charge in [-0.25, -0.2) is 4.98 Å². The van der Waals surface area contributed by atoms with Gasteiger partial charge in [0.2, 0.25) is 0 Å². The van der Waals surface area contributed by atoms with Crippen molar-refractivity contribution in [2.75, 3.05) is 18.6 Å². The lowest BCUT2D eigenvalue weighted by atomic mass is 10.0. The Kier molecular flexibility index (Phi) is 4.67. The van der Waals surface area contributed by atoms with Crippen LogP contribution in [0.3, 0.4) is 0 Å². The van der Waals surface area contributed by atoms with E-state index in [0.717, 1.165) is 12.3 Å². The maximum atomic E-state index is 4.61. The number of nitrogens with zero attached hydrogens (tertiary/aromatic N) is 1. The van der Waals surface area contributed by atoms with Gasteiger partial charge in [-0.05, 0) is 44.7 Å². The van der Waals surface area contributed by atoms with E-state index in [1.165, 1.54) is 34.2 Å². The summed E-state index contributed by atoms with van der Waals surface area (Å²) < 4.78 is 0. The molecule has 0 aliphatic carbocycles. The summed E-state index contributed by atoms with van der Waals surface area (Å²) >= 11 is 4.00. The van der Waals surface area contributed by atoms with E-state index in [-0.39, 0.29) is 0 Å². The maximum absolute atomic E-state index is 4.61. The summed E-state index contributed by atoms with van der Waals surface area (Å²) in [6, 6.07) is 0.551. The molecule has 1 fully saturated rings. The van der Waals surface area contributed by atoms with E-state index in [9.17, 15) is 0 Å². The zero-order valence-corrected chi connectivity index (χ0v) is 11.7. The van der Waals surface area contributed by atoms with E-state index in [4.69, 9.17) is 0 Å². The Balaban J connectivity index is 1.95. The van der Waals surface area contributed by atoms with Crippen LogP contribution in [0.15, 0.2) is 6.20 Å². The molecule has 1 N–H and O–H groups in total. The largest absolute Gasteiger partial charge is 0.317 e. The first-order valence-electron chi connectivity index (χ1n) is 5.99. The predicted molar refractivity (Wildman–Crippen MR) is 73.6 cm³/mol. The zero-order chi connectivity index (χ0) is 11.4. The summed E-state index contributed by atoms with van der Waals surface area (Å²) in [6.07, 6.45) is 5.82. The minimum Gasteiger partial charge on any atom is -0.317 e. The monoisotopic (exact) mass is 256 g/mol. The minimum atomic E-state index is 0.551. The quantitative estimate of drug-likeness (QED) is 0.896. The standard InChI is InChI=1S/C12H20N2S2/c1-9(13-2)7-11-8-14-12(16-11)10-3-5-15-6-4-10/h8-10,13H,3-7H2,1-2H3. The van der Waals surface area contributed by atoms with Crippen molar-refractivity contribution in [1.29, 1.82) is 0 Å². The van der Waals surface area contributed by atoms with E-state index in [2.05, 4.69) is 35.2 Å². The molecule has 16 heavy (non-hydrogen) atoms. The number of thioether (sulfide) groups is 1. The third kappa shape index (κ3) is 3.22. The summed E-state index contributed by atoms with van der Waals surface area (Å²) in [5.41, 5.74) is 0. The van der Waals surface area contributed by atoms with Crippen LogP contribution in [0.1, 0.15) is 35.6 Å². The van der Waals surface area contributed by atoms with Gasteiger partial charge in [-0.1, -0.05) is 0 Å². The molecule has 1 aromatic rings. The van der Waals surface area contributed by atoms with Crippen molar-refractivity contribution in [3.8, 4) is 0 Å². The highest BCUT2D eigenvalue weighted by Gasteiger charge is 2.19. The fourth-order valence-corrected chi connectivity index (χ4v) is 4.28. The number of hydrogen-bond donors (Lipinski definition) is 1. The molecule has 0 saturated carbocycles. The average molecular weight is 256 g/mol. The first-order valence-corrected chi connectivity index (χ1v) is 7.96.